The minimum absolute atomic E-state index is 0.0557. The number of aromatic nitrogens is 1. The maximum atomic E-state index is 13.2. The van der Waals surface area contributed by atoms with E-state index in [9.17, 15) is 36.3 Å². The lowest BCUT2D eigenvalue weighted by molar-refractivity contribution is -0.143. The third-order valence-electron chi connectivity index (χ3n) is 5.74. The van der Waals surface area contributed by atoms with E-state index >= 15 is 0 Å². The van der Waals surface area contributed by atoms with Gasteiger partial charge in [0.1, 0.15) is 5.75 Å². The Labute approximate surface area is 204 Å². The van der Waals surface area contributed by atoms with Gasteiger partial charge in [0.15, 0.2) is 5.43 Å². The van der Waals surface area contributed by atoms with E-state index < -0.39 is 28.9 Å². The van der Waals surface area contributed by atoms with Crippen molar-refractivity contribution in [1.29, 1.82) is 0 Å². The summed E-state index contributed by atoms with van der Waals surface area (Å²) in [6.07, 6.45) is -9.96. The minimum Gasteiger partial charge on any atom is -0.495 e. The van der Waals surface area contributed by atoms with E-state index in [4.69, 9.17) is 16.3 Å². The van der Waals surface area contributed by atoms with Crippen LogP contribution < -0.4 is 10.2 Å². The topological polar surface area (TPSA) is 51.5 Å². The molecule has 0 unspecified atom stereocenters. The first-order valence-corrected chi connectivity index (χ1v) is 10.6. The van der Waals surface area contributed by atoms with Crippen LogP contribution in [-0.2, 0) is 12.4 Å². The van der Waals surface area contributed by atoms with Crippen molar-refractivity contribution < 1.29 is 36.3 Å². The summed E-state index contributed by atoms with van der Waals surface area (Å²) >= 11 is 6.13. The first-order chi connectivity index (χ1) is 16.7. The standard InChI is InChI=1S/C25H16ClF6NO3/c1-12-22(23(34)18-10-19(26)21(36-2)11-20(18)33(12)35)14-5-3-13(4-6-14)15-7-16(24(27,28)29)9-17(8-15)25(30,31)32/h3-11,35H,1-2H3. The molecule has 4 aromatic rings. The van der Waals surface area contributed by atoms with E-state index in [0.717, 1.165) is 4.73 Å². The lowest BCUT2D eigenvalue weighted by Crippen LogP contribution is -2.15. The highest BCUT2D eigenvalue weighted by Gasteiger charge is 2.37. The van der Waals surface area contributed by atoms with Crippen molar-refractivity contribution in [2.24, 2.45) is 0 Å². The highest BCUT2D eigenvalue weighted by molar-refractivity contribution is 6.32. The van der Waals surface area contributed by atoms with Gasteiger partial charge in [0.25, 0.3) is 0 Å². The van der Waals surface area contributed by atoms with E-state index in [1.165, 1.54) is 50.4 Å². The van der Waals surface area contributed by atoms with Crippen LogP contribution in [0.5, 0.6) is 5.75 Å². The number of nitrogens with zero attached hydrogens (tertiary/aromatic N) is 1. The maximum absolute atomic E-state index is 13.2. The van der Waals surface area contributed by atoms with Crippen LogP contribution in [0.4, 0.5) is 26.3 Å². The molecule has 0 saturated heterocycles. The van der Waals surface area contributed by atoms with Gasteiger partial charge in [-0.15, -0.1) is 0 Å². The number of benzene rings is 3. The molecule has 4 rings (SSSR count). The zero-order chi connectivity index (χ0) is 26.6. The van der Waals surface area contributed by atoms with Gasteiger partial charge >= 0.3 is 12.4 Å². The van der Waals surface area contributed by atoms with Gasteiger partial charge in [-0.2, -0.15) is 31.1 Å². The molecule has 0 radical (unpaired) electrons. The van der Waals surface area contributed by atoms with Crippen LogP contribution in [0.15, 0.2) is 59.4 Å². The summed E-state index contributed by atoms with van der Waals surface area (Å²) < 4.78 is 85.2. The van der Waals surface area contributed by atoms with E-state index in [2.05, 4.69) is 0 Å². The minimum atomic E-state index is -4.98. The zero-order valence-electron chi connectivity index (χ0n) is 18.6. The number of hydrogen-bond acceptors (Lipinski definition) is 3. The molecule has 0 atom stereocenters. The second kappa shape index (κ2) is 8.77. The molecule has 0 aliphatic heterocycles. The molecule has 1 aromatic heterocycles. The third-order valence-corrected chi connectivity index (χ3v) is 6.04. The highest BCUT2D eigenvalue weighted by Crippen LogP contribution is 2.39. The number of rotatable bonds is 3. The van der Waals surface area contributed by atoms with Crippen LogP contribution in [0, 0.1) is 6.92 Å². The van der Waals surface area contributed by atoms with Crippen LogP contribution in [0.25, 0.3) is 33.2 Å². The van der Waals surface area contributed by atoms with Crippen LogP contribution >= 0.6 is 11.6 Å². The Hall–Kier alpha value is -3.66. The number of ether oxygens (including phenoxy) is 1. The largest absolute Gasteiger partial charge is 0.495 e. The molecule has 0 amide bonds. The van der Waals surface area contributed by atoms with Gasteiger partial charge in [-0.3, -0.25) is 4.79 Å². The SMILES string of the molecule is COc1cc2c(cc1Cl)c(=O)c(-c1ccc(-c3cc(C(F)(F)F)cc(C(F)(F)F)c3)cc1)c(C)n2O. The van der Waals surface area contributed by atoms with Gasteiger partial charge in [-0.05, 0) is 47.9 Å². The Morgan fingerprint density at radius 1 is 0.833 bits per heavy atom. The molecule has 36 heavy (non-hydrogen) atoms. The summed E-state index contributed by atoms with van der Waals surface area (Å²) in [5.74, 6) is 0.238. The van der Waals surface area contributed by atoms with Crippen LogP contribution in [0.3, 0.4) is 0 Å². The monoisotopic (exact) mass is 527 g/mol. The van der Waals surface area contributed by atoms with Gasteiger partial charge in [-0.1, -0.05) is 35.9 Å². The number of halogens is 7. The molecule has 0 spiro atoms. The van der Waals surface area contributed by atoms with Gasteiger partial charge in [0.05, 0.1) is 45.4 Å². The Morgan fingerprint density at radius 3 is 1.86 bits per heavy atom. The molecule has 11 heteroatoms. The number of pyridine rings is 1. The van der Waals surface area contributed by atoms with E-state index in [-0.39, 0.29) is 50.1 Å². The number of hydrogen-bond donors (Lipinski definition) is 1. The van der Waals surface area contributed by atoms with Crippen molar-refractivity contribution >= 4 is 22.5 Å². The fourth-order valence-corrected chi connectivity index (χ4v) is 4.17. The van der Waals surface area contributed by atoms with Crippen molar-refractivity contribution in [3.63, 3.8) is 0 Å². The quantitative estimate of drug-likeness (QED) is 0.221. The average molecular weight is 528 g/mol. The molecule has 0 aliphatic carbocycles. The summed E-state index contributed by atoms with van der Waals surface area (Å²) in [5, 5.41) is 10.9. The second-order valence-corrected chi connectivity index (χ2v) is 8.38. The first kappa shape index (κ1) is 25.4. The summed E-state index contributed by atoms with van der Waals surface area (Å²) in [4.78, 5) is 13.2. The maximum Gasteiger partial charge on any atom is 0.416 e. The summed E-state index contributed by atoms with van der Waals surface area (Å²) in [7, 11) is 1.37. The van der Waals surface area contributed by atoms with Gasteiger partial charge in [0, 0.05) is 6.07 Å². The molecular formula is C25H16ClF6NO3. The summed E-state index contributed by atoms with van der Waals surface area (Å²) in [5.41, 5.74) is -2.90. The molecule has 3 aromatic carbocycles. The lowest BCUT2D eigenvalue weighted by atomic mass is 9.95. The normalized spacial score (nSPS) is 12.2. The lowest BCUT2D eigenvalue weighted by Gasteiger charge is -2.16. The van der Waals surface area contributed by atoms with Crippen LogP contribution in [0.2, 0.25) is 5.02 Å². The molecule has 188 valence electrons. The fourth-order valence-electron chi connectivity index (χ4n) is 3.93. The van der Waals surface area contributed by atoms with Crippen LogP contribution in [-0.4, -0.2) is 17.0 Å². The summed E-state index contributed by atoms with van der Waals surface area (Å²) in [6, 6.07) is 9.40. The summed E-state index contributed by atoms with van der Waals surface area (Å²) in [6.45, 7) is 1.48. The van der Waals surface area contributed by atoms with E-state index in [1.54, 1.807) is 0 Å². The Kier molecular flexibility index (Phi) is 6.20. The number of alkyl halides is 6. The Bertz CT molecular complexity index is 1510. The highest BCUT2D eigenvalue weighted by atomic mass is 35.5. The van der Waals surface area contributed by atoms with Crippen molar-refractivity contribution in [1.82, 2.24) is 4.73 Å². The molecule has 0 bridgehead atoms. The number of fused-ring (bicyclic) bond motifs is 1. The molecule has 0 aliphatic rings. The molecule has 0 saturated carbocycles. The smallest absolute Gasteiger partial charge is 0.416 e. The molecule has 1 heterocycles. The van der Waals surface area contributed by atoms with Crippen molar-refractivity contribution in [2.75, 3.05) is 7.11 Å². The third kappa shape index (κ3) is 4.48. The van der Waals surface area contributed by atoms with Gasteiger partial charge in [-0.25, -0.2) is 0 Å². The Balaban J connectivity index is 1.86. The first-order valence-electron chi connectivity index (χ1n) is 10.2. The molecule has 1 N–H and O–H groups in total. The molecule has 0 fully saturated rings. The van der Waals surface area contributed by atoms with Crippen molar-refractivity contribution in [3.05, 3.63) is 86.7 Å². The molecular weight excluding hydrogens is 512 g/mol. The predicted octanol–water partition coefficient (Wildman–Crippen LogP) is 7.58. The second-order valence-electron chi connectivity index (χ2n) is 7.98. The Morgan fingerprint density at radius 2 is 1.36 bits per heavy atom. The zero-order valence-corrected chi connectivity index (χ0v) is 19.3. The average Bonchev–Trinajstić information content (AvgIpc) is 2.81. The number of methoxy groups -OCH3 is 1. The van der Waals surface area contributed by atoms with Crippen molar-refractivity contribution in [3.8, 4) is 28.0 Å². The van der Waals surface area contributed by atoms with Gasteiger partial charge in [0.2, 0.25) is 0 Å². The predicted molar refractivity (Wildman–Crippen MR) is 123 cm³/mol. The molecule has 4 nitrogen and oxygen atoms in total. The van der Waals surface area contributed by atoms with E-state index in [1.807, 2.05) is 0 Å². The van der Waals surface area contributed by atoms with Gasteiger partial charge < -0.3 is 9.94 Å². The van der Waals surface area contributed by atoms with Crippen molar-refractivity contribution in [2.45, 2.75) is 19.3 Å². The van der Waals surface area contributed by atoms with Crippen LogP contribution in [0.1, 0.15) is 16.8 Å². The van der Waals surface area contributed by atoms with E-state index in [0.29, 0.717) is 17.7 Å². The fraction of sp³-hybridized carbons (Fsp3) is 0.160.